The van der Waals surface area contributed by atoms with Crippen LogP contribution >= 0.6 is 0 Å². The fourth-order valence-electron chi connectivity index (χ4n) is 0.458. The molecule has 0 spiro atoms. The van der Waals surface area contributed by atoms with Gasteiger partial charge in [0.05, 0.1) is 12.6 Å². The van der Waals surface area contributed by atoms with Crippen molar-refractivity contribution in [2.24, 2.45) is 0 Å². The van der Waals surface area contributed by atoms with E-state index in [0.717, 1.165) is 0 Å². The average molecular weight is 204 g/mol. The molecule has 0 aromatic heterocycles. The van der Waals surface area contributed by atoms with E-state index in [4.69, 9.17) is 20.4 Å². The maximum absolute atomic E-state index is 9.85. The molecule has 0 aromatic carbocycles. The van der Waals surface area contributed by atoms with Gasteiger partial charge in [0.15, 0.2) is 0 Å². The normalized spacial score (nSPS) is 17.3. The van der Waals surface area contributed by atoms with Gasteiger partial charge in [0.2, 0.25) is 0 Å². The van der Waals surface area contributed by atoms with E-state index >= 15 is 0 Å². The summed E-state index contributed by atoms with van der Waals surface area (Å²) in [6, 6.07) is 0. The molecule has 0 rings (SSSR count). The van der Waals surface area contributed by atoms with Crippen molar-refractivity contribution in [1.82, 2.24) is 0 Å². The molecule has 0 heterocycles. The Bertz CT molecular complexity index is 140. The van der Waals surface area contributed by atoms with Crippen molar-refractivity contribution in [2.75, 3.05) is 6.61 Å². The number of carbonyl (C=O) groups is 1. The van der Waals surface area contributed by atoms with Crippen LogP contribution in [-0.4, -0.2) is 51.3 Å². The molecule has 7 heteroatoms. The molecule has 0 saturated carbocycles. The van der Waals surface area contributed by atoms with E-state index in [1.54, 1.807) is 0 Å². The van der Waals surface area contributed by atoms with Crippen LogP contribution in [0.25, 0.3) is 0 Å². The number of aliphatic carboxylic acids is 1. The van der Waals surface area contributed by atoms with Crippen molar-refractivity contribution in [3.8, 4) is 0 Å². The van der Waals surface area contributed by atoms with Gasteiger partial charge in [-0.15, -0.1) is 0 Å². The number of rotatable bonds is 4. The zero-order valence-corrected chi connectivity index (χ0v) is 9.67. The van der Waals surface area contributed by atoms with Crippen LogP contribution in [0.5, 0.6) is 0 Å². The van der Waals surface area contributed by atoms with Gasteiger partial charge >= 0.3 is 51.4 Å². The van der Waals surface area contributed by atoms with Gasteiger partial charge in [-0.2, -0.15) is 0 Å². The summed E-state index contributed by atoms with van der Waals surface area (Å²) >= 11 is 0. The Morgan fingerprint density at radius 2 is 1.75 bits per heavy atom. The SMILES string of the molecule is O=C([O-])[C@H](O)[C@H](O)[C@@H](O)CO.[K+]. The minimum atomic E-state index is -2.18. The molecule has 12 heavy (non-hydrogen) atoms. The van der Waals surface area contributed by atoms with Crippen molar-refractivity contribution in [3.63, 3.8) is 0 Å². The van der Waals surface area contributed by atoms with E-state index < -0.39 is 30.9 Å². The number of aliphatic hydroxyl groups is 4. The smallest absolute Gasteiger partial charge is 0.547 e. The third-order valence-electron chi connectivity index (χ3n) is 1.15. The Kier molecular flexibility index (Phi) is 9.46. The second-order valence-corrected chi connectivity index (χ2v) is 2.00. The monoisotopic (exact) mass is 204 g/mol. The Hall–Kier alpha value is 0.946. The Morgan fingerprint density at radius 3 is 2.00 bits per heavy atom. The largest absolute Gasteiger partial charge is 1.00 e. The minimum absolute atomic E-state index is 0. The summed E-state index contributed by atoms with van der Waals surface area (Å²) in [5, 5.41) is 43.8. The van der Waals surface area contributed by atoms with Gasteiger partial charge in [0, 0.05) is 0 Å². The molecule has 4 N–H and O–H groups in total. The predicted octanol–water partition coefficient (Wildman–Crippen LogP) is -7.18. The summed E-state index contributed by atoms with van der Waals surface area (Å²) in [6.07, 6.45) is -5.79. The molecule has 0 bridgehead atoms. The van der Waals surface area contributed by atoms with Gasteiger partial charge in [-0.25, -0.2) is 0 Å². The van der Waals surface area contributed by atoms with Crippen LogP contribution in [0.15, 0.2) is 0 Å². The molecule has 3 atom stereocenters. The van der Waals surface area contributed by atoms with Gasteiger partial charge < -0.3 is 30.3 Å². The quantitative estimate of drug-likeness (QED) is 0.338. The van der Waals surface area contributed by atoms with Crippen LogP contribution in [0.1, 0.15) is 0 Å². The van der Waals surface area contributed by atoms with Crippen molar-refractivity contribution in [1.29, 1.82) is 0 Å². The summed E-state index contributed by atoms with van der Waals surface area (Å²) in [6.45, 7) is -0.828. The average Bonchev–Trinajstić information content (AvgIpc) is 2.00. The van der Waals surface area contributed by atoms with Gasteiger partial charge in [0.1, 0.15) is 18.3 Å². The Morgan fingerprint density at radius 1 is 1.33 bits per heavy atom. The topological polar surface area (TPSA) is 121 Å². The first-order valence-electron chi connectivity index (χ1n) is 2.86. The standard InChI is InChI=1S/C5H10O6.K/c6-1-2(7)3(8)4(9)5(10)11;/h2-4,6-9H,1H2,(H,10,11);/q;+1/p-1/t2-,3+,4+;/m0./s1. The van der Waals surface area contributed by atoms with E-state index in [1.807, 2.05) is 0 Å². The summed E-state index contributed by atoms with van der Waals surface area (Å²) in [7, 11) is 0. The van der Waals surface area contributed by atoms with E-state index in [-0.39, 0.29) is 51.4 Å². The van der Waals surface area contributed by atoms with Crippen molar-refractivity contribution >= 4 is 5.97 Å². The first-order valence-corrected chi connectivity index (χ1v) is 2.86. The van der Waals surface area contributed by atoms with Crippen LogP contribution in [0.4, 0.5) is 0 Å². The molecular weight excluding hydrogens is 195 g/mol. The summed E-state index contributed by atoms with van der Waals surface area (Å²) < 4.78 is 0. The number of aliphatic hydroxyl groups excluding tert-OH is 4. The zero-order chi connectivity index (χ0) is 9.02. The summed E-state index contributed by atoms with van der Waals surface area (Å²) in [4.78, 5) is 9.85. The molecule has 0 aliphatic rings. The summed E-state index contributed by atoms with van der Waals surface area (Å²) in [5.74, 6) is -1.90. The molecule has 0 aliphatic heterocycles. The van der Waals surface area contributed by atoms with Crippen LogP contribution in [-0.2, 0) is 4.79 Å². The second kappa shape index (κ2) is 7.36. The summed E-state index contributed by atoms with van der Waals surface area (Å²) in [5.41, 5.74) is 0. The van der Waals surface area contributed by atoms with Crippen LogP contribution in [0.3, 0.4) is 0 Å². The fraction of sp³-hybridized carbons (Fsp3) is 0.800. The molecule has 6 nitrogen and oxygen atoms in total. The Balaban J connectivity index is 0. The van der Waals surface area contributed by atoms with Crippen LogP contribution in [0, 0.1) is 0 Å². The molecule has 0 amide bonds. The molecule has 0 aromatic rings. The number of hydrogen-bond acceptors (Lipinski definition) is 6. The number of hydrogen-bond donors (Lipinski definition) is 4. The fourth-order valence-corrected chi connectivity index (χ4v) is 0.458. The van der Waals surface area contributed by atoms with Gasteiger partial charge in [-0.05, 0) is 0 Å². The molecule has 0 aliphatic carbocycles. The maximum atomic E-state index is 9.85. The van der Waals surface area contributed by atoms with E-state index in [0.29, 0.717) is 0 Å². The predicted molar refractivity (Wildman–Crippen MR) is 30.1 cm³/mol. The zero-order valence-electron chi connectivity index (χ0n) is 6.54. The van der Waals surface area contributed by atoms with E-state index in [1.165, 1.54) is 0 Å². The molecule has 0 fully saturated rings. The molecule has 0 saturated heterocycles. The third kappa shape index (κ3) is 4.85. The molecule has 66 valence electrons. The first kappa shape index (κ1) is 15.4. The van der Waals surface area contributed by atoms with Crippen molar-refractivity contribution < 1.29 is 81.7 Å². The van der Waals surface area contributed by atoms with Gasteiger partial charge in [-0.3, -0.25) is 0 Å². The third-order valence-corrected chi connectivity index (χ3v) is 1.15. The van der Waals surface area contributed by atoms with Crippen molar-refractivity contribution in [3.05, 3.63) is 0 Å². The molecule has 0 radical (unpaired) electrons. The van der Waals surface area contributed by atoms with Crippen molar-refractivity contribution in [2.45, 2.75) is 18.3 Å². The molecule has 0 unspecified atom stereocenters. The van der Waals surface area contributed by atoms with Crippen LogP contribution in [0.2, 0.25) is 0 Å². The number of carboxylic acids is 1. The van der Waals surface area contributed by atoms with Crippen LogP contribution < -0.4 is 56.5 Å². The second-order valence-electron chi connectivity index (χ2n) is 2.00. The van der Waals surface area contributed by atoms with E-state index in [2.05, 4.69) is 0 Å². The maximum Gasteiger partial charge on any atom is 1.00 e. The number of carbonyl (C=O) groups excluding carboxylic acids is 1. The van der Waals surface area contributed by atoms with E-state index in [9.17, 15) is 9.90 Å². The Labute approximate surface area is 111 Å². The van der Waals surface area contributed by atoms with Gasteiger partial charge in [0.25, 0.3) is 0 Å². The van der Waals surface area contributed by atoms with Gasteiger partial charge in [-0.1, -0.05) is 0 Å². The minimum Gasteiger partial charge on any atom is -0.547 e. The first-order chi connectivity index (χ1) is 5.00. The molecular formula is C5H9KO6. The number of carboxylic acid groups (broad SMARTS) is 1.